The highest BCUT2D eigenvalue weighted by Gasteiger charge is 2.27. The molecule has 106 valence electrons. The number of hydrogen-bond acceptors (Lipinski definition) is 3. The van der Waals surface area contributed by atoms with Gasteiger partial charge in [0.15, 0.2) is 0 Å². The predicted octanol–water partition coefficient (Wildman–Crippen LogP) is 2.69. The van der Waals surface area contributed by atoms with Crippen LogP contribution < -0.4 is 11.1 Å². The van der Waals surface area contributed by atoms with Gasteiger partial charge in [-0.2, -0.15) is 0 Å². The maximum Gasteiger partial charge on any atom is 0.251 e. The minimum absolute atomic E-state index is 0. The van der Waals surface area contributed by atoms with E-state index in [4.69, 9.17) is 5.73 Å². The fourth-order valence-electron chi connectivity index (χ4n) is 2.50. The fourth-order valence-corrected chi connectivity index (χ4v) is 2.91. The molecule has 0 saturated heterocycles. The highest BCUT2D eigenvalue weighted by atomic mass is 35.5. The first-order valence-electron chi connectivity index (χ1n) is 6.39. The molecule has 2 rings (SSSR count). The van der Waals surface area contributed by atoms with Crippen molar-refractivity contribution in [1.82, 2.24) is 5.32 Å². The number of carbonyl (C=O) groups excluding carboxylic acids is 1. The Morgan fingerprint density at radius 2 is 2.05 bits per heavy atom. The zero-order valence-corrected chi connectivity index (χ0v) is 12.7. The van der Waals surface area contributed by atoms with Crippen LogP contribution in [0.3, 0.4) is 0 Å². The van der Waals surface area contributed by atoms with Crippen molar-refractivity contribution in [2.75, 3.05) is 12.8 Å². The molecule has 0 radical (unpaired) electrons. The first-order valence-corrected chi connectivity index (χ1v) is 7.62. The van der Waals surface area contributed by atoms with Gasteiger partial charge in [-0.1, -0.05) is 6.42 Å². The predicted molar refractivity (Wildman–Crippen MR) is 83.1 cm³/mol. The lowest BCUT2D eigenvalue weighted by Gasteiger charge is -2.19. The maximum atomic E-state index is 12.1. The second-order valence-corrected chi connectivity index (χ2v) is 5.61. The van der Waals surface area contributed by atoms with E-state index in [1.165, 1.54) is 4.90 Å². The summed E-state index contributed by atoms with van der Waals surface area (Å²) in [6, 6.07) is 7.98. The standard InChI is InChI=1S/C14H20N2OS.ClH/c1-18-12-7-5-10(6-8-12)14(17)16-13-4-2-3-11(13)9-15;/h5-8,11,13H,2-4,9,15H2,1H3,(H,16,17);1H. The molecule has 3 N–H and O–H groups in total. The lowest BCUT2D eigenvalue weighted by atomic mass is 10.0. The van der Waals surface area contributed by atoms with Gasteiger partial charge in [0.25, 0.3) is 5.91 Å². The molecular weight excluding hydrogens is 280 g/mol. The van der Waals surface area contributed by atoms with E-state index < -0.39 is 0 Å². The number of thioether (sulfide) groups is 1. The van der Waals surface area contributed by atoms with Crippen LogP contribution in [0.5, 0.6) is 0 Å². The summed E-state index contributed by atoms with van der Waals surface area (Å²) < 4.78 is 0. The minimum atomic E-state index is 0. The lowest BCUT2D eigenvalue weighted by molar-refractivity contribution is 0.0928. The molecule has 2 atom stereocenters. The molecule has 0 aliphatic heterocycles. The molecule has 19 heavy (non-hydrogen) atoms. The molecule has 1 amide bonds. The van der Waals surface area contributed by atoms with E-state index in [0.717, 1.165) is 24.8 Å². The van der Waals surface area contributed by atoms with Crippen LogP contribution in [0.25, 0.3) is 0 Å². The van der Waals surface area contributed by atoms with Crippen LogP contribution >= 0.6 is 24.2 Å². The minimum Gasteiger partial charge on any atom is -0.349 e. The zero-order chi connectivity index (χ0) is 13.0. The van der Waals surface area contributed by atoms with Crippen molar-refractivity contribution in [1.29, 1.82) is 0 Å². The third-order valence-corrected chi connectivity index (χ3v) is 4.37. The molecule has 2 unspecified atom stereocenters. The third kappa shape index (κ3) is 4.13. The monoisotopic (exact) mass is 300 g/mol. The van der Waals surface area contributed by atoms with Gasteiger partial charge < -0.3 is 11.1 Å². The Bertz CT molecular complexity index is 410. The number of hydrogen-bond donors (Lipinski definition) is 2. The Hall–Kier alpha value is -0.710. The SMILES string of the molecule is CSc1ccc(C(=O)NC2CCCC2CN)cc1.Cl. The Balaban J connectivity index is 0.00000180. The Morgan fingerprint density at radius 3 is 2.63 bits per heavy atom. The number of nitrogens with one attached hydrogen (secondary N) is 1. The summed E-state index contributed by atoms with van der Waals surface area (Å²) in [6.45, 7) is 0.663. The second-order valence-electron chi connectivity index (χ2n) is 4.74. The third-order valence-electron chi connectivity index (χ3n) is 3.63. The Labute approximate surface area is 125 Å². The van der Waals surface area contributed by atoms with Gasteiger partial charge in [-0.05, 0) is 55.8 Å². The van der Waals surface area contributed by atoms with E-state index in [0.29, 0.717) is 12.5 Å². The molecule has 3 nitrogen and oxygen atoms in total. The molecule has 0 aromatic heterocycles. The summed E-state index contributed by atoms with van der Waals surface area (Å²) in [5, 5.41) is 3.11. The average molecular weight is 301 g/mol. The highest BCUT2D eigenvalue weighted by molar-refractivity contribution is 7.98. The van der Waals surface area contributed by atoms with Crippen molar-refractivity contribution < 1.29 is 4.79 Å². The van der Waals surface area contributed by atoms with Gasteiger partial charge in [-0.25, -0.2) is 0 Å². The summed E-state index contributed by atoms with van der Waals surface area (Å²) in [6.07, 6.45) is 5.38. The van der Waals surface area contributed by atoms with Gasteiger partial charge in [-0.15, -0.1) is 24.2 Å². The quantitative estimate of drug-likeness (QED) is 0.841. The van der Waals surface area contributed by atoms with E-state index in [1.54, 1.807) is 11.8 Å². The van der Waals surface area contributed by atoms with Crippen molar-refractivity contribution in [2.24, 2.45) is 11.7 Å². The number of benzene rings is 1. The summed E-state index contributed by atoms with van der Waals surface area (Å²) in [4.78, 5) is 13.3. The number of nitrogens with two attached hydrogens (primary N) is 1. The first kappa shape index (κ1) is 16.3. The van der Waals surface area contributed by atoms with Crippen molar-refractivity contribution >= 4 is 30.1 Å². The molecule has 5 heteroatoms. The molecule has 0 bridgehead atoms. The van der Waals surface area contributed by atoms with Crippen LogP contribution in [0.1, 0.15) is 29.6 Å². The van der Waals surface area contributed by atoms with E-state index in [9.17, 15) is 4.79 Å². The number of amides is 1. The van der Waals surface area contributed by atoms with Crippen LogP contribution in [0, 0.1) is 5.92 Å². The molecule has 1 saturated carbocycles. The number of halogens is 1. The summed E-state index contributed by atoms with van der Waals surface area (Å²) >= 11 is 1.68. The van der Waals surface area contributed by atoms with Gasteiger partial charge in [0, 0.05) is 16.5 Å². The fraction of sp³-hybridized carbons (Fsp3) is 0.500. The zero-order valence-electron chi connectivity index (χ0n) is 11.1. The topological polar surface area (TPSA) is 55.1 Å². The van der Waals surface area contributed by atoms with Crippen LogP contribution in [0.15, 0.2) is 29.2 Å². The average Bonchev–Trinajstić information content (AvgIpc) is 2.86. The van der Waals surface area contributed by atoms with Crippen LogP contribution in [-0.2, 0) is 0 Å². The largest absolute Gasteiger partial charge is 0.349 e. The van der Waals surface area contributed by atoms with Crippen LogP contribution in [0.4, 0.5) is 0 Å². The first-order chi connectivity index (χ1) is 8.74. The van der Waals surface area contributed by atoms with Gasteiger partial charge in [-0.3, -0.25) is 4.79 Å². The Morgan fingerprint density at radius 1 is 1.37 bits per heavy atom. The molecule has 0 spiro atoms. The number of rotatable bonds is 4. The van der Waals surface area contributed by atoms with E-state index >= 15 is 0 Å². The van der Waals surface area contributed by atoms with E-state index in [-0.39, 0.29) is 24.4 Å². The van der Waals surface area contributed by atoms with Gasteiger partial charge in [0.1, 0.15) is 0 Å². The van der Waals surface area contributed by atoms with Crippen LogP contribution in [0.2, 0.25) is 0 Å². The van der Waals surface area contributed by atoms with Gasteiger partial charge in [0.05, 0.1) is 0 Å². The molecule has 1 aliphatic carbocycles. The molecule has 1 aromatic carbocycles. The highest BCUT2D eigenvalue weighted by Crippen LogP contribution is 2.25. The molecule has 1 fully saturated rings. The summed E-state index contributed by atoms with van der Waals surface area (Å²) in [5.41, 5.74) is 6.45. The lowest BCUT2D eigenvalue weighted by Crippen LogP contribution is -2.39. The van der Waals surface area contributed by atoms with E-state index in [1.807, 2.05) is 30.5 Å². The second kappa shape index (κ2) is 7.78. The van der Waals surface area contributed by atoms with E-state index in [2.05, 4.69) is 5.32 Å². The van der Waals surface area contributed by atoms with Crippen LogP contribution in [-0.4, -0.2) is 24.7 Å². The van der Waals surface area contributed by atoms with Gasteiger partial charge in [0.2, 0.25) is 0 Å². The Kier molecular flexibility index (Phi) is 6.69. The molecule has 1 aromatic rings. The molecule has 0 heterocycles. The van der Waals surface area contributed by atoms with Crippen molar-refractivity contribution in [3.05, 3.63) is 29.8 Å². The van der Waals surface area contributed by atoms with Crippen molar-refractivity contribution in [3.8, 4) is 0 Å². The summed E-state index contributed by atoms with van der Waals surface area (Å²) in [5.74, 6) is 0.465. The molecular formula is C14H21ClN2OS. The number of carbonyl (C=O) groups is 1. The summed E-state index contributed by atoms with van der Waals surface area (Å²) in [7, 11) is 0. The van der Waals surface area contributed by atoms with Gasteiger partial charge >= 0.3 is 0 Å². The van der Waals surface area contributed by atoms with Crippen molar-refractivity contribution in [2.45, 2.75) is 30.2 Å². The maximum absolute atomic E-state index is 12.1. The smallest absolute Gasteiger partial charge is 0.251 e. The normalized spacial score (nSPS) is 21.8. The molecule has 1 aliphatic rings. The van der Waals surface area contributed by atoms with Crippen molar-refractivity contribution in [3.63, 3.8) is 0 Å².